The van der Waals surface area contributed by atoms with Gasteiger partial charge in [0.05, 0.1) is 5.92 Å². The lowest BCUT2D eigenvalue weighted by atomic mass is 10.1. The number of nitrogens with two attached hydrogens (primary N) is 1. The number of nitrogens with zero attached hydrogens (tertiary/aromatic N) is 1. The van der Waals surface area contributed by atoms with Gasteiger partial charge >= 0.3 is 5.97 Å². The third-order valence-electron chi connectivity index (χ3n) is 3.86. The summed E-state index contributed by atoms with van der Waals surface area (Å²) in [4.78, 5) is 25.9. The molecule has 0 saturated carbocycles. The van der Waals surface area contributed by atoms with Crippen LogP contribution in [0.15, 0.2) is 54.6 Å². The number of ether oxygens (including phenoxy) is 1. The molecule has 2 aromatic rings. The summed E-state index contributed by atoms with van der Waals surface area (Å²) in [5, 5.41) is 0. The highest BCUT2D eigenvalue weighted by atomic mass is 16.5. The van der Waals surface area contributed by atoms with E-state index >= 15 is 0 Å². The van der Waals surface area contributed by atoms with Gasteiger partial charge in [-0.25, -0.2) is 0 Å². The summed E-state index contributed by atoms with van der Waals surface area (Å²) >= 11 is 0. The average Bonchev–Trinajstić information content (AvgIpc) is 2.95. The monoisotopic (exact) mass is 310 g/mol. The van der Waals surface area contributed by atoms with Crippen molar-refractivity contribution in [2.75, 3.05) is 17.2 Å². The van der Waals surface area contributed by atoms with Crippen LogP contribution >= 0.6 is 0 Å². The molecule has 1 unspecified atom stereocenters. The third kappa shape index (κ3) is 3.51. The van der Waals surface area contributed by atoms with Gasteiger partial charge in [0.25, 0.3) is 0 Å². The van der Waals surface area contributed by atoms with Crippen LogP contribution in [0.4, 0.5) is 11.4 Å². The van der Waals surface area contributed by atoms with Gasteiger partial charge in [0.15, 0.2) is 0 Å². The average molecular weight is 310 g/mol. The Morgan fingerprint density at radius 2 is 1.96 bits per heavy atom. The highest BCUT2D eigenvalue weighted by Gasteiger charge is 2.36. The molecule has 0 aliphatic carbocycles. The van der Waals surface area contributed by atoms with Crippen LogP contribution < -0.4 is 10.6 Å². The van der Waals surface area contributed by atoms with Crippen molar-refractivity contribution >= 4 is 23.3 Å². The molecule has 23 heavy (non-hydrogen) atoms. The number of carbonyl (C=O) groups excluding carboxylic acids is 2. The van der Waals surface area contributed by atoms with E-state index in [-0.39, 0.29) is 24.9 Å². The van der Waals surface area contributed by atoms with E-state index in [1.54, 1.807) is 23.1 Å². The molecule has 0 radical (unpaired) electrons. The first-order valence-electron chi connectivity index (χ1n) is 7.50. The van der Waals surface area contributed by atoms with Crippen molar-refractivity contribution < 1.29 is 14.3 Å². The number of hydrogen-bond acceptors (Lipinski definition) is 4. The Balaban J connectivity index is 1.62. The van der Waals surface area contributed by atoms with Crippen molar-refractivity contribution in [3.63, 3.8) is 0 Å². The number of esters is 1. The Morgan fingerprint density at radius 1 is 1.17 bits per heavy atom. The van der Waals surface area contributed by atoms with Gasteiger partial charge in [-0.3, -0.25) is 9.59 Å². The zero-order valence-electron chi connectivity index (χ0n) is 12.6. The van der Waals surface area contributed by atoms with E-state index in [2.05, 4.69) is 0 Å². The van der Waals surface area contributed by atoms with Gasteiger partial charge in [0.2, 0.25) is 5.91 Å². The molecule has 1 saturated heterocycles. The third-order valence-corrected chi connectivity index (χ3v) is 3.86. The standard InChI is InChI=1S/C18H18N2O3/c19-15-7-4-8-16(10-15)20-11-14(9-17(20)21)18(22)23-12-13-5-2-1-3-6-13/h1-8,10,14H,9,11-12,19H2. The second kappa shape index (κ2) is 6.52. The predicted molar refractivity (Wildman–Crippen MR) is 87.6 cm³/mol. The van der Waals surface area contributed by atoms with Crippen LogP contribution in [0.3, 0.4) is 0 Å². The minimum absolute atomic E-state index is 0.0859. The first-order valence-corrected chi connectivity index (χ1v) is 7.50. The van der Waals surface area contributed by atoms with E-state index in [0.29, 0.717) is 17.9 Å². The Bertz CT molecular complexity index is 715. The fraction of sp³-hybridized carbons (Fsp3) is 0.222. The summed E-state index contributed by atoms with van der Waals surface area (Å²) < 4.78 is 5.33. The summed E-state index contributed by atoms with van der Waals surface area (Å²) in [5.74, 6) is -0.862. The lowest BCUT2D eigenvalue weighted by Gasteiger charge is -2.17. The van der Waals surface area contributed by atoms with Crippen molar-refractivity contribution in [1.29, 1.82) is 0 Å². The van der Waals surface area contributed by atoms with E-state index < -0.39 is 5.92 Å². The molecule has 1 heterocycles. The van der Waals surface area contributed by atoms with Crippen LogP contribution in [0, 0.1) is 5.92 Å². The molecule has 0 aromatic heterocycles. The van der Waals surface area contributed by atoms with Gasteiger partial charge in [-0.15, -0.1) is 0 Å². The largest absolute Gasteiger partial charge is 0.461 e. The first kappa shape index (κ1) is 15.1. The van der Waals surface area contributed by atoms with Gasteiger partial charge in [0, 0.05) is 24.3 Å². The van der Waals surface area contributed by atoms with Crippen molar-refractivity contribution in [2.24, 2.45) is 5.92 Å². The van der Waals surface area contributed by atoms with Gasteiger partial charge in [0.1, 0.15) is 6.61 Å². The number of benzene rings is 2. The van der Waals surface area contributed by atoms with Crippen molar-refractivity contribution in [3.8, 4) is 0 Å². The SMILES string of the molecule is Nc1cccc(N2CC(C(=O)OCc3ccccc3)CC2=O)c1. The van der Waals surface area contributed by atoms with Crippen molar-refractivity contribution in [1.82, 2.24) is 0 Å². The summed E-state index contributed by atoms with van der Waals surface area (Å²) in [5.41, 5.74) is 7.98. The molecular weight excluding hydrogens is 292 g/mol. The Kier molecular flexibility index (Phi) is 4.28. The highest BCUT2D eigenvalue weighted by Crippen LogP contribution is 2.27. The van der Waals surface area contributed by atoms with Gasteiger partial charge in [-0.1, -0.05) is 36.4 Å². The van der Waals surface area contributed by atoms with Crippen molar-refractivity contribution in [3.05, 3.63) is 60.2 Å². The number of rotatable bonds is 4. The fourth-order valence-electron chi connectivity index (χ4n) is 2.65. The summed E-state index contributed by atoms with van der Waals surface area (Å²) in [7, 11) is 0. The smallest absolute Gasteiger partial charge is 0.311 e. The van der Waals surface area contributed by atoms with E-state index in [1.807, 2.05) is 36.4 Å². The number of amides is 1. The molecule has 1 atom stereocenters. The molecule has 118 valence electrons. The maximum absolute atomic E-state index is 12.2. The van der Waals surface area contributed by atoms with Crippen LogP contribution in [-0.4, -0.2) is 18.4 Å². The predicted octanol–water partition coefficient (Wildman–Crippen LogP) is 2.37. The van der Waals surface area contributed by atoms with E-state index in [9.17, 15) is 9.59 Å². The molecule has 0 spiro atoms. The molecule has 2 aromatic carbocycles. The molecule has 2 N–H and O–H groups in total. The fourth-order valence-corrected chi connectivity index (χ4v) is 2.65. The van der Waals surface area contributed by atoms with E-state index in [0.717, 1.165) is 5.56 Å². The van der Waals surface area contributed by atoms with Crippen LogP contribution in [0.1, 0.15) is 12.0 Å². The molecule has 1 amide bonds. The minimum atomic E-state index is -0.437. The zero-order valence-corrected chi connectivity index (χ0v) is 12.6. The molecule has 1 aliphatic heterocycles. The molecular formula is C18H18N2O3. The van der Waals surface area contributed by atoms with Gasteiger partial charge in [-0.05, 0) is 23.8 Å². The molecule has 1 aliphatic rings. The van der Waals surface area contributed by atoms with Gasteiger partial charge < -0.3 is 15.4 Å². The lowest BCUT2D eigenvalue weighted by molar-refractivity contribution is -0.149. The minimum Gasteiger partial charge on any atom is -0.461 e. The number of carbonyl (C=O) groups is 2. The first-order chi connectivity index (χ1) is 11.1. The topological polar surface area (TPSA) is 72.6 Å². The number of anilines is 2. The Morgan fingerprint density at radius 3 is 2.70 bits per heavy atom. The second-order valence-electron chi connectivity index (χ2n) is 5.59. The van der Waals surface area contributed by atoms with E-state index in [4.69, 9.17) is 10.5 Å². The van der Waals surface area contributed by atoms with Crippen molar-refractivity contribution in [2.45, 2.75) is 13.0 Å². The maximum Gasteiger partial charge on any atom is 0.311 e. The molecule has 0 bridgehead atoms. The summed E-state index contributed by atoms with van der Waals surface area (Å²) in [6, 6.07) is 16.6. The van der Waals surface area contributed by atoms with Crippen LogP contribution in [0.25, 0.3) is 0 Å². The Labute approximate surface area is 134 Å². The summed E-state index contributed by atoms with van der Waals surface area (Å²) in [6.07, 6.45) is 0.169. The highest BCUT2D eigenvalue weighted by molar-refractivity contribution is 5.99. The number of nitrogen functional groups attached to an aromatic ring is 1. The van der Waals surface area contributed by atoms with Crippen LogP contribution in [0.2, 0.25) is 0 Å². The molecule has 1 fully saturated rings. The molecule has 3 rings (SSSR count). The molecule has 5 nitrogen and oxygen atoms in total. The maximum atomic E-state index is 12.2. The van der Waals surface area contributed by atoms with Crippen LogP contribution in [0.5, 0.6) is 0 Å². The lowest BCUT2D eigenvalue weighted by Crippen LogP contribution is -2.26. The second-order valence-corrected chi connectivity index (χ2v) is 5.59. The normalized spacial score (nSPS) is 17.3. The quantitative estimate of drug-likeness (QED) is 0.695. The zero-order chi connectivity index (χ0) is 16.2. The Hall–Kier alpha value is -2.82. The summed E-state index contributed by atoms with van der Waals surface area (Å²) in [6.45, 7) is 0.554. The number of hydrogen-bond donors (Lipinski definition) is 1. The van der Waals surface area contributed by atoms with Crippen LogP contribution in [-0.2, 0) is 20.9 Å². The molecule has 5 heteroatoms. The van der Waals surface area contributed by atoms with Gasteiger partial charge in [-0.2, -0.15) is 0 Å². The van der Waals surface area contributed by atoms with E-state index in [1.165, 1.54) is 0 Å².